The van der Waals surface area contributed by atoms with Gasteiger partial charge in [0.15, 0.2) is 12.4 Å². The van der Waals surface area contributed by atoms with Crippen LogP contribution in [0.5, 0.6) is 0 Å². The van der Waals surface area contributed by atoms with Gasteiger partial charge in [-0.25, -0.2) is 0 Å². The van der Waals surface area contributed by atoms with Crippen LogP contribution < -0.4 is 5.32 Å². The van der Waals surface area contributed by atoms with Gasteiger partial charge in [-0.3, -0.25) is 9.59 Å². The van der Waals surface area contributed by atoms with Crippen molar-refractivity contribution in [2.45, 2.75) is 333 Å². The summed E-state index contributed by atoms with van der Waals surface area (Å²) in [5, 5.41) is 57.0. The van der Waals surface area contributed by atoms with Gasteiger partial charge in [-0.05, 0) is 44.9 Å². The van der Waals surface area contributed by atoms with Crippen molar-refractivity contribution in [3.63, 3.8) is 0 Å². The smallest absolute Gasteiger partial charge is 0.306 e. The molecular weight excluding hydrogens is 943 g/mol. The molecule has 1 heterocycles. The number of hydrogen-bond donors (Lipinski definition) is 6. The first-order valence-corrected chi connectivity index (χ1v) is 31.4. The van der Waals surface area contributed by atoms with E-state index >= 15 is 0 Å². The van der Waals surface area contributed by atoms with Crippen LogP contribution in [0.2, 0.25) is 0 Å². The van der Waals surface area contributed by atoms with Gasteiger partial charge in [0.25, 0.3) is 0 Å². The van der Waals surface area contributed by atoms with E-state index < -0.39 is 67.4 Å². The number of carbonyl (C=O) groups is 2. The Bertz CT molecular complexity index is 1400. The van der Waals surface area contributed by atoms with Crippen molar-refractivity contribution in [1.82, 2.24) is 5.32 Å². The Hall–Kier alpha value is -2.38. The van der Waals surface area contributed by atoms with Crippen molar-refractivity contribution in [1.29, 1.82) is 0 Å². The molecule has 6 N–H and O–H groups in total. The average molecular weight is 1060 g/mol. The number of hydrogen-bond acceptors (Lipinski definition) is 10. The van der Waals surface area contributed by atoms with E-state index in [2.05, 4.69) is 56.5 Å². The molecule has 0 spiro atoms. The number of aliphatic hydroxyl groups excluding tert-OH is 5. The standard InChI is InChI=1S/C64H117NO10/c1-4-7-10-13-16-19-22-25-27-28-29-31-33-36-39-42-45-48-51-57(68)63(72)65-55(56(67)50-47-44-41-38-35-32-24-21-18-15-12-9-6-3)54-73-64-62(61(71)60(70)58(53-66)74-64)75-59(69)52-49-46-43-40-37-34-30-26-23-20-17-14-11-8-5-2/h8,11,14,17,20,23,47,50,55-58,60-62,64,66-68,70-71H,4-7,9-10,12-13,15-16,18-19,21-22,24-46,48-49,51-54H2,1-3H3,(H,65,72)/b11-8+,17-14+,23-20+,50-47+. The van der Waals surface area contributed by atoms with Crippen LogP contribution in [0.3, 0.4) is 0 Å². The number of ether oxygens (including phenoxy) is 3. The summed E-state index contributed by atoms with van der Waals surface area (Å²) in [5.74, 6) is -1.20. The summed E-state index contributed by atoms with van der Waals surface area (Å²) in [6, 6.07) is -1.02. The molecule has 0 aromatic carbocycles. The molecule has 1 saturated heterocycles. The predicted octanol–water partition coefficient (Wildman–Crippen LogP) is 14.8. The summed E-state index contributed by atoms with van der Waals surface area (Å²) < 4.78 is 17.6. The summed E-state index contributed by atoms with van der Waals surface area (Å²) in [5.41, 5.74) is 0. The molecular formula is C64H117NO10. The monoisotopic (exact) mass is 1060 g/mol. The fourth-order valence-corrected chi connectivity index (χ4v) is 9.83. The summed E-state index contributed by atoms with van der Waals surface area (Å²) >= 11 is 0. The Morgan fingerprint density at radius 3 is 1.43 bits per heavy atom. The van der Waals surface area contributed by atoms with Crippen LogP contribution in [0.1, 0.15) is 284 Å². The van der Waals surface area contributed by atoms with E-state index in [0.29, 0.717) is 19.3 Å². The van der Waals surface area contributed by atoms with Gasteiger partial charge in [-0.2, -0.15) is 0 Å². The first-order valence-electron chi connectivity index (χ1n) is 31.4. The van der Waals surface area contributed by atoms with E-state index in [1.54, 1.807) is 6.08 Å². The maximum absolute atomic E-state index is 13.4. The molecule has 75 heavy (non-hydrogen) atoms. The molecule has 0 radical (unpaired) electrons. The number of carbonyl (C=O) groups excluding carboxylic acids is 2. The maximum Gasteiger partial charge on any atom is 0.306 e. The molecule has 1 fully saturated rings. The van der Waals surface area contributed by atoms with Crippen LogP contribution >= 0.6 is 0 Å². The van der Waals surface area contributed by atoms with Crippen LogP contribution in [-0.4, -0.2) is 99.6 Å². The number of unbranched alkanes of at least 4 members (excludes halogenated alkanes) is 35. The van der Waals surface area contributed by atoms with Crippen molar-refractivity contribution in [3.8, 4) is 0 Å². The minimum absolute atomic E-state index is 0.111. The minimum atomic E-state index is -1.62. The third-order valence-electron chi connectivity index (χ3n) is 14.8. The Morgan fingerprint density at radius 2 is 0.960 bits per heavy atom. The van der Waals surface area contributed by atoms with Gasteiger partial charge >= 0.3 is 5.97 Å². The van der Waals surface area contributed by atoms with E-state index in [-0.39, 0.29) is 13.0 Å². The van der Waals surface area contributed by atoms with Crippen molar-refractivity contribution >= 4 is 11.9 Å². The van der Waals surface area contributed by atoms with Crippen molar-refractivity contribution < 1.29 is 49.3 Å². The van der Waals surface area contributed by atoms with Gasteiger partial charge in [0.05, 0.1) is 25.4 Å². The van der Waals surface area contributed by atoms with E-state index in [1.165, 1.54) is 148 Å². The summed E-state index contributed by atoms with van der Waals surface area (Å²) in [4.78, 5) is 26.5. The Kier molecular flexibility index (Phi) is 49.3. The molecule has 0 aliphatic carbocycles. The zero-order chi connectivity index (χ0) is 54.7. The molecule has 1 rings (SSSR count). The normalized spacial score (nSPS) is 19.5. The Balaban J connectivity index is 2.68. The average Bonchev–Trinajstić information content (AvgIpc) is 3.41. The van der Waals surface area contributed by atoms with Crippen molar-refractivity contribution in [2.75, 3.05) is 13.2 Å². The lowest BCUT2D eigenvalue weighted by atomic mass is 9.99. The van der Waals surface area contributed by atoms with E-state index in [4.69, 9.17) is 14.2 Å². The highest BCUT2D eigenvalue weighted by Gasteiger charge is 2.47. The minimum Gasteiger partial charge on any atom is -0.454 e. The molecule has 1 aliphatic rings. The molecule has 8 unspecified atom stereocenters. The van der Waals surface area contributed by atoms with E-state index in [0.717, 1.165) is 89.9 Å². The first-order chi connectivity index (χ1) is 36.7. The second-order valence-corrected chi connectivity index (χ2v) is 21.8. The van der Waals surface area contributed by atoms with Crippen molar-refractivity contribution in [2.24, 2.45) is 0 Å². The molecule has 8 atom stereocenters. The van der Waals surface area contributed by atoms with Gasteiger partial charge in [0.2, 0.25) is 5.91 Å². The Labute approximate surface area is 459 Å². The fourth-order valence-electron chi connectivity index (χ4n) is 9.83. The highest BCUT2D eigenvalue weighted by atomic mass is 16.7. The lowest BCUT2D eigenvalue weighted by molar-refractivity contribution is -0.305. The largest absolute Gasteiger partial charge is 0.454 e. The van der Waals surface area contributed by atoms with Gasteiger partial charge in [0, 0.05) is 6.42 Å². The first kappa shape index (κ1) is 70.6. The second-order valence-electron chi connectivity index (χ2n) is 21.8. The maximum atomic E-state index is 13.4. The summed E-state index contributed by atoms with van der Waals surface area (Å²) in [7, 11) is 0. The number of rotatable bonds is 53. The molecule has 0 saturated carbocycles. The van der Waals surface area contributed by atoms with Gasteiger partial charge < -0.3 is 45.1 Å². The number of aliphatic hydroxyl groups is 5. The van der Waals surface area contributed by atoms with Crippen LogP contribution in [-0.2, 0) is 23.8 Å². The Morgan fingerprint density at radius 1 is 0.533 bits per heavy atom. The lowest BCUT2D eigenvalue weighted by Crippen LogP contribution is -2.61. The predicted molar refractivity (Wildman–Crippen MR) is 310 cm³/mol. The number of esters is 1. The molecule has 0 aromatic rings. The molecule has 11 heteroatoms. The zero-order valence-corrected chi connectivity index (χ0v) is 48.4. The van der Waals surface area contributed by atoms with Gasteiger partial charge in [-0.15, -0.1) is 0 Å². The summed E-state index contributed by atoms with van der Waals surface area (Å²) in [6.45, 7) is 5.68. The van der Waals surface area contributed by atoms with Gasteiger partial charge in [-0.1, -0.05) is 281 Å². The molecule has 0 bridgehead atoms. The lowest BCUT2D eigenvalue weighted by Gasteiger charge is -2.41. The molecule has 11 nitrogen and oxygen atoms in total. The highest BCUT2D eigenvalue weighted by molar-refractivity contribution is 5.80. The number of nitrogens with one attached hydrogen (secondary N) is 1. The SMILES string of the molecule is CC/C=C/C=C/C=C/CCCCCCCCCC(=O)OC1C(OCC(NC(=O)C(O)CCCCCCCCCCCCCCCCCCCC)C(O)/C=C/CCCCCCCCCCCCC)OC(CO)C(O)C1O. The van der Waals surface area contributed by atoms with Crippen LogP contribution in [0.15, 0.2) is 48.6 Å². The van der Waals surface area contributed by atoms with Gasteiger partial charge in [0.1, 0.15) is 24.4 Å². The topological polar surface area (TPSA) is 175 Å². The number of amides is 1. The highest BCUT2D eigenvalue weighted by Crippen LogP contribution is 2.26. The van der Waals surface area contributed by atoms with E-state index in [1.807, 2.05) is 12.2 Å². The molecule has 438 valence electrons. The molecule has 1 amide bonds. The fraction of sp³-hybridized carbons (Fsp3) is 0.844. The van der Waals surface area contributed by atoms with Crippen LogP contribution in [0.25, 0.3) is 0 Å². The second kappa shape index (κ2) is 52.3. The third kappa shape index (κ3) is 40.5. The molecule has 1 aliphatic heterocycles. The zero-order valence-electron chi connectivity index (χ0n) is 48.4. The summed E-state index contributed by atoms with van der Waals surface area (Å²) in [6.07, 6.45) is 52.9. The molecule has 0 aromatic heterocycles. The van der Waals surface area contributed by atoms with Crippen molar-refractivity contribution in [3.05, 3.63) is 48.6 Å². The quantitative estimate of drug-likeness (QED) is 0.0149. The van der Waals surface area contributed by atoms with Crippen LogP contribution in [0.4, 0.5) is 0 Å². The third-order valence-corrected chi connectivity index (χ3v) is 14.8. The number of allylic oxidation sites excluding steroid dienone is 7. The van der Waals surface area contributed by atoms with Crippen LogP contribution in [0, 0.1) is 0 Å². The van der Waals surface area contributed by atoms with E-state index in [9.17, 15) is 35.1 Å².